The van der Waals surface area contributed by atoms with E-state index in [0.717, 1.165) is 27.8 Å². The second-order valence-electron chi connectivity index (χ2n) is 8.24. The average molecular weight is 415 g/mol. The molecule has 0 aliphatic heterocycles. The van der Waals surface area contributed by atoms with Crippen molar-refractivity contribution in [3.8, 4) is 5.75 Å². The van der Waals surface area contributed by atoms with Crippen molar-refractivity contribution in [1.82, 2.24) is 9.88 Å². The molecule has 2 atom stereocenters. The zero-order valence-corrected chi connectivity index (χ0v) is 18.1. The number of hydrogen-bond acceptors (Lipinski definition) is 3. The second-order valence-corrected chi connectivity index (χ2v) is 8.24. The molecule has 0 fully saturated rings. The van der Waals surface area contributed by atoms with Gasteiger partial charge < -0.3 is 14.4 Å². The largest absolute Gasteiger partial charge is 0.489 e. The quantitative estimate of drug-likeness (QED) is 0.390. The molecule has 4 rings (SSSR count). The number of ether oxygens (including phenoxy) is 1. The maximum Gasteiger partial charge on any atom is 0.120 e. The van der Waals surface area contributed by atoms with Crippen LogP contribution >= 0.6 is 0 Å². The van der Waals surface area contributed by atoms with Crippen molar-refractivity contribution >= 4 is 10.9 Å². The lowest BCUT2D eigenvalue weighted by atomic mass is 10.1. The number of fused-ring (bicyclic) bond motifs is 1. The molecule has 4 aromatic rings. The number of benzene rings is 3. The summed E-state index contributed by atoms with van der Waals surface area (Å²) in [7, 11) is 0. The van der Waals surface area contributed by atoms with Crippen LogP contribution < -0.4 is 10.1 Å². The lowest BCUT2D eigenvalue weighted by Gasteiger charge is -2.29. The van der Waals surface area contributed by atoms with Gasteiger partial charge in [0.25, 0.3) is 0 Å². The number of nitrogens with one attached hydrogen (secondary N) is 1. The van der Waals surface area contributed by atoms with E-state index in [1.807, 2.05) is 48.7 Å². The predicted molar refractivity (Wildman–Crippen MR) is 126 cm³/mol. The van der Waals surface area contributed by atoms with E-state index in [0.29, 0.717) is 13.0 Å². The standard InChI is InChI=1S/C27H30N2O2/c1-20(2)28-27(26(30)17-21-9-5-3-6-10-21)29-16-15-23-18-24(13-14-25(23)29)31-19-22-11-7-4-8-12-22/h3-16,18,20,26-28,30H,17,19H2,1-2H3. The van der Waals surface area contributed by atoms with Crippen molar-refractivity contribution < 1.29 is 9.84 Å². The summed E-state index contributed by atoms with van der Waals surface area (Å²) >= 11 is 0. The van der Waals surface area contributed by atoms with E-state index in [9.17, 15) is 5.11 Å². The van der Waals surface area contributed by atoms with Crippen LogP contribution in [0, 0.1) is 0 Å². The Morgan fingerprint density at radius 2 is 1.55 bits per heavy atom. The summed E-state index contributed by atoms with van der Waals surface area (Å²) in [5.41, 5.74) is 3.33. The van der Waals surface area contributed by atoms with Crippen molar-refractivity contribution in [2.75, 3.05) is 0 Å². The Kier molecular flexibility index (Phi) is 6.70. The summed E-state index contributed by atoms with van der Waals surface area (Å²) < 4.78 is 8.12. The molecule has 2 N–H and O–H groups in total. The number of aliphatic hydroxyl groups is 1. The Labute approximate surface area is 184 Å². The molecular formula is C27H30N2O2. The number of nitrogens with zero attached hydrogens (tertiary/aromatic N) is 1. The van der Waals surface area contributed by atoms with Crippen molar-refractivity contribution in [3.05, 3.63) is 102 Å². The minimum Gasteiger partial charge on any atom is -0.489 e. The highest BCUT2D eigenvalue weighted by molar-refractivity contribution is 5.81. The van der Waals surface area contributed by atoms with Crippen molar-refractivity contribution in [2.24, 2.45) is 0 Å². The smallest absolute Gasteiger partial charge is 0.120 e. The van der Waals surface area contributed by atoms with Crippen LogP contribution in [0.5, 0.6) is 5.75 Å². The van der Waals surface area contributed by atoms with Crippen molar-refractivity contribution in [2.45, 2.75) is 45.2 Å². The third-order valence-electron chi connectivity index (χ3n) is 5.40. The van der Waals surface area contributed by atoms with E-state index in [-0.39, 0.29) is 12.2 Å². The van der Waals surface area contributed by atoms with Gasteiger partial charge in [0.2, 0.25) is 0 Å². The lowest BCUT2D eigenvalue weighted by molar-refractivity contribution is 0.0907. The fourth-order valence-corrected chi connectivity index (χ4v) is 3.90. The Balaban J connectivity index is 1.55. The zero-order chi connectivity index (χ0) is 21.6. The van der Waals surface area contributed by atoms with E-state index in [1.165, 1.54) is 0 Å². The highest BCUT2D eigenvalue weighted by Gasteiger charge is 2.23. The Morgan fingerprint density at radius 1 is 0.871 bits per heavy atom. The number of rotatable bonds is 9. The van der Waals surface area contributed by atoms with E-state index in [1.54, 1.807) is 0 Å². The van der Waals surface area contributed by atoms with Gasteiger partial charge in [0, 0.05) is 29.6 Å². The number of aliphatic hydroxyl groups excluding tert-OH is 1. The molecule has 1 aromatic heterocycles. The maximum absolute atomic E-state index is 11.1. The molecule has 0 saturated heterocycles. The molecular weight excluding hydrogens is 384 g/mol. The molecule has 0 aliphatic rings. The highest BCUT2D eigenvalue weighted by atomic mass is 16.5. The fraction of sp³-hybridized carbons (Fsp3) is 0.259. The first-order valence-corrected chi connectivity index (χ1v) is 10.9. The van der Waals surface area contributed by atoms with Gasteiger partial charge in [0.1, 0.15) is 18.5 Å². The molecule has 0 saturated carbocycles. The summed E-state index contributed by atoms with van der Waals surface area (Å²) in [5.74, 6) is 0.840. The first kappa shape index (κ1) is 21.2. The van der Waals surface area contributed by atoms with Gasteiger partial charge in [-0.15, -0.1) is 0 Å². The summed E-state index contributed by atoms with van der Waals surface area (Å²) in [4.78, 5) is 0. The normalized spacial score (nSPS) is 13.4. The Hall–Kier alpha value is -3.08. The molecule has 3 aromatic carbocycles. The average Bonchev–Trinajstić information content (AvgIpc) is 3.20. The zero-order valence-electron chi connectivity index (χ0n) is 18.1. The molecule has 4 heteroatoms. The van der Waals surface area contributed by atoms with E-state index in [4.69, 9.17) is 4.74 Å². The molecule has 4 nitrogen and oxygen atoms in total. The fourth-order valence-electron chi connectivity index (χ4n) is 3.90. The Morgan fingerprint density at radius 3 is 2.23 bits per heavy atom. The third-order valence-corrected chi connectivity index (χ3v) is 5.40. The summed E-state index contributed by atoms with van der Waals surface area (Å²) in [5, 5.41) is 15.7. The molecule has 160 valence electrons. The second kappa shape index (κ2) is 9.82. The Bertz CT molecular complexity index is 1090. The monoisotopic (exact) mass is 414 g/mol. The first-order valence-electron chi connectivity index (χ1n) is 10.9. The van der Waals surface area contributed by atoms with E-state index < -0.39 is 6.10 Å². The SMILES string of the molecule is CC(C)NC(C(O)Cc1ccccc1)n1ccc2cc(OCc3ccccc3)ccc21. The predicted octanol–water partition coefficient (Wildman–Crippen LogP) is 5.32. The van der Waals surface area contributed by atoms with Crippen LogP contribution in [0.2, 0.25) is 0 Å². The molecule has 0 spiro atoms. The van der Waals surface area contributed by atoms with Gasteiger partial charge in [-0.25, -0.2) is 0 Å². The number of aromatic nitrogens is 1. The number of hydrogen-bond donors (Lipinski definition) is 2. The molecule has 1 heterocycles. The van der Waals surface area contributed by atoms with Crippen LogP contribution in [0.3, 0.4) is 0 Å². The minimum atomic E-state index is -0.561. The molecule has 0 amide bonds. The summed E-state index contributed by atoms with van der Waals surface area (Å²) in [6.07, 6.45) is 1.84. The summed E-state index contributed by atoms with van der Waals surface area (Å²) in [6.45, 7) is 4.74. The van der Waals surface area contributed by atoms with Crippen LogP contribution in [-0.2, 0) is 13.0 Å². The molecule has 31 heavy (non-hydrogen) atoms. The van der Waals surface area contributed by atoms with Gasteiger partial charge in [-0.05, 0) is 49.2 Å². The topological polar surface area (TPSA) is 46.4 Å². The van der Waals surface area contributed by atoms with E-state index in [2.05, 4.69) is 66.2 Å². The van der Waals surface area contributed by atoms with Crippen LogP contribution in [0.15, 0.2) is 91.1 Å². The van der Waals surface area contributed by atoms with Gasteiger partial charge in [-0.3, -0.25) is 5.32 Å². The first-order chi connectivity index (χ1) is 15.1. The van der Waals surface area contributed by atoms with Crippen molar-refractivity contribution in [3.63, 3.8) is 0 Å². The summed E-state index contributed by atoms with van der Waals surface area (Å²) in [6, 6.07) is 28.7. The van der Waals surface area contributed by atoms with Gasteiger partial charge in [0.05, 0.1) is 6.10 Å². The maximum atomic E-state index is 11.1. The lowest BCUT2D eigenvalue weighted by Crippen LogP contribution is -2.40. The van der Waals surface area contributed by atoms with Gasteiger partial charge >= 0.3 is 0 Å². The van der Waals surface area contributed by atoms with Gasteiger partial charge in [0.15, 0.2) is 0 Å². The van der Waals surface area contributed by atoms with Crippen LogP contribution in [-0.4, -0.2) is 21.8 Å². The molecule has 0 bridgehead atoms. The van der Waals surface area contributed by atoms with E-state index >= 15 is 0 Å². The van der Waals surface area contributed by atoms with Crippen molar-refractivity contribution in [1.29, 1.82) is 0 Å². The van der Waals surface area contributed by atoms with Crippen LogP contribution in [0.4, 0.5) is 0 Å². The van der Waals surface area contributed by atoms with Gasteiger partial charge in [-0.1, -0.05) is 60.7 Å². The highest BCUT2D eigenvalue weighted by Crippen LogP contribution is 2.27. The molecule has 0 radical (unpaired) electrons. The molecule has 0 aliphatic carbocycles. The minimum absolute atomic E-state index is 0.228. The van der Waals surface area contributed by atoms with Crippen LogP contribution in [0.1, 0.15) is 31.1 Å². The van der Waals surface area contributed by atoms with Gasteiger partial charge in [-0.2, -0.15) is 0 Å². The molecule has 2 unspecified atom stereocenters. The third kappa shape index (κ3) is 5.35. The van der Waals surface area contributed by atoms with Crippen LogP contribution in [0.25, 0.3) is 10.9 Å².